The fraction of sp³-hybridized carbons (Fsp3) is 0.286. The van der Waals surface area contributed by atoms with Gasteiger partial charge in [0.05, 0.1) is 18.5 Å². The molecule has 0 bridgehead atoms. The van der Waals surface area contributed by atoms with Crippen LogP contribution in [-0.4, -0.2) is 35.4 Å². The molecule has 74 valence electrons. The Kier molecular flexibility index (Phi) is 1.93. The minimum absolute atomic E-state index is 0.0974. The predicted octanol–water partition coefficient (Wildman–Crippen LogP) is -2.12. The zero-order valence-electron chi connectivity index (χ0n) is 7.31. The van der Waals surface area contributed by atoms with E-state index in [1.165, 1.54) is 6.20 Å². The molecule has 1 atom stereocenters. The number of guanidine groups is 1. The van der Waals surface area contributed by atoms with E-state index < -0.39 is 0 Å². The largest absolute Gasteiger partial charge is 0.390 e. The van der Waals surface area contributed by atoms with Gasteiger partial charge in [-0.15, -0.1) is 0 Å². The highest BCUT2D eigenvalue weighted by atomic mass is 16.3. The molecule has 0 aliphatic carbocycles. The van der Waals surface area contributed by atoms with Crippen molar-refractivity contribution in [1.29, 1.82) is 0 Å². The van der Waals surface area contributed by atoms with Gasteiger partial charge < -0.3 is 21.9 Å². The first-order valence-electron chi connectivity index (χ1n) is 4.03. The second kappa shape index (κ2) is 3.11. The van der Waals surface area contributed by atoms with Gasteiger partial charge in [0, 0.05) is 0 Å². The Morgan fingerprint density at radius 2 is 2.21 bits per heavy atom. The summed E-state index contributed by atoms with van der Waals surface area (Å²) in [7, 11) is 0. The number of aliphatic imine (C=N–C) groups is 3. The van der Waals surface area contributed by atoms with Crippen molar-refractivity contribution >= 4 is 17.6 Å². The lowest BCUT2D eigenvalue weighted by molar-refractivity contribution is 0.320. The maximum absolute atomic E-state index is 8.88. The molecule has 0 radical (unpaired) electrons. The number of aliphatic hydroxyl groups excluding tert-OH is 1. The number of aliphatic hydroxyl groups is 1. The van der Waals surface area contributed by atoms with Crippen LogP contribution in [0.15, 0.2) is 26.9 Å². The van der Waals surface area contributed by atoms with Gasteiger partial charge in [0.2, 0.25) is 5.96 Å². The SMILES string of the molecule is NC1=NC2=NC=C(CO)N[C@H]2C(N)=N1. The minimum Gasteiger partial charge on any atom is -0.390 e. The molecule has 7 nitrogen and oxygen atoms in total. The summed E-state index contributed by atoms with van der Waals surface area (Å²) in [4.78, 5) is 11.7. The summed E-state index contributed by atoms with van der Waals surface area (Å²) < 4.78 is 0. The summed E-state index contributed by atoms with van der Waals surface area (Å²) in [6, 6.07) is -0.380. The number of rotatable bonds is 1. The number of nitrogens with two attached hydrogens (primary N) is 2. The average molecular weight is 194 g/mol. The molecular formula is C7H10N6O. The predicted molar refractivity (Wildman–Crippen MR) is 52.8 cm³/mol. The van der Waals surface area contributed by atoms with Gasteiger partial charge >= 0.3 is 0 Å². The van der Waals surface area contributed by atoms with Crippen LogP contribution >= 0.6 is 0 Å². The zero-order chi connectivity index (χ0) is 10.1. The molecule has 0 aromatic rings. The molecule has 0 aromatic carbocycles. The Balaban J connectivity index is 2.35. The van der Waals surface area contributed by atoms with Crippen LogP contribution in [0, 0.1) is 0 Å². The number of hydrogen-bond acceptors (Lipinski definition) is 7. The Morgan fingerprint density at radius 3 is 2.93 bits per heavy atom. The standard InChI is InChI=1S/C7H10N6O/c8-5-4-6(13-7(9)12-5)10-1-3(2-14)11-4/h1,4,11,14H,2H2,(H4,8,9,10,12,13)/t4-/m0/s1. The fourth-order valence-electron chi connectivity index (χ4n) is 1.23. The number of nitrogens with one attached hydrogen (secondary N) is 1. The lowest BCUT2D eigenvalue weighted by Gasteiger charge is -2.24. The normalized spacial score (nSPS) is 25.1. The maximum Gasteiger partial charge on any atom is 0.223 e. The van der Waals surface area contributed by atoms with Crippen molar-refractivity contribution in [2.24, 2.45) is 26.4 Å². The third kappa shape index (κ3) is 1.33. The summed E-state index contributed by atoms with van der Waals surface area (Å²) >= 11 is 0. The Hall–Kier alpha value is -1.89. The number of fused-ring (bicyclic) bond motifs is 1. The third-order valence-corrected chi connectivity index (χ3v) is 1.88. The molecule has 2 heterocycles. The smallest absolute Gasteiger partial charge is 0.223 e. The first-order chi connectivity index (χ1) is 6.70. The molecule has 2 rings (SSSR count). The molecule has 6 N–H and O–H groups in total. The van der Waals surface area contributed by atoms with Crippen molar-refractivity contribution in [3.05, 3.63) is 11.9 Å². The molecule has 0 unspecified atom stereocenters. The van der Waals surface area contributed by atoms with Crippen molar-refractivity contribution in [2.45, 2.75) is 6.04 Å². The summed E-state index contributed by atoms with van der Waals surface area (Å²) in [5.74, 6) is 0.864. The Labute approximate surface area is 79.9 Å². The number of amidine groups is 2. The highest BCUT2D eigenvalue weighted by molar-refractivity contribution is 6.19. The van der Waals surface area contributed by atoms with Crippen LogP contribution in [0.2, 0.25) is 0 Å². The summed E-state index contributed by atoms with van der Waals surface area (Å²) in [6.07, 6.45) is 1.49. The molecule has 14 heavy (non-hydrogen) atoms. The molecule has 0 saturated carbocycles. The van der Waals surface area contributed by atoms with Crippen LogP contribution in [-0.2, 0) is 0 Å². The van der Waals surface area contributed by atoms with E-state index in [-0.39, 0.29) is 18.6 Å². The Bertz CT molecular complexity index is 380. The van der Waals surface area contributed by atoms with Crippen LogP contribution in [0.3, 0.4) is 0 Å². The number of nitrogens with zero attached hydrogens (tertiary/aromatic N) is 3. The molecule has 0 amide bonds. The van der Waals surface area contributed by atoms with E-state index in [2.05, 4.69) is 20.3 Å². The van der Waals surface area contributed by atoms with Gasteiger partial charge in [-0.1, -0.05) is 0 Å². The van der Waals surface area contributed by atoms with E-state index in [9.17, 15) is 0 Å². The molecular weight excluding hydrogens is 184 g/mol. The maximum atomic E-state index is 8.88. The minimum atomic E-state index is -0.380. The van der Waals surface area contributed by atoms with Gasteiger partial charge in [0.1, 0.15) is 11.9 Å². The molecule has 0 fully saturated rings. The lowest BCUT2D eigenvalue weighted by Crippen LogP contribution is -2.51. The van der Waals surface area contributed by atoms with Gasteiger partial charge in [-0.2, -0.15) is 9.98 Å². The first-order valence-corrected chi connectivity index (χ1v) is 4.03. The second-order valence-corrected chi connectivity index (χ2v) is 2.88. The molecule has 2 aliphatic heterocycles. The molecule has 7 heteroatoms. The van der Waals surface area contributed by atoms with Gasteiger partial charge in [0.15, 0.2) is 5.84 Å². The van der Waals surface area contributed by atoms with Gasteiger partial charge in [-0.05, 0) is 0 Å². The molecule has 2 aliphatic rings. The van der Waals surface area contributed by atoms with Gasteiger partial charge in [0.25, 0.3) is 0 Å². The average Bonchev–Trinajstić information content (AvgIpc) is 2.17. The van der Waals surface area contributed by atoms with E-state index in [0.29, 0.717) is 17.4 Å². The van der Waals surface area contributed by atoms with Crippen molar-refractivity contribution in [3.63, 3.8) is 0 Å². The molecule has 0 spiro atoms. The lowest BCUT2D eigenvalue weighted by atomic mass is 10.2. The zero-order valence-corrected chi connectivity index (χ0v) is 7.31. The second-order valence-electron chi connectivity index (χ2n) is 2.88. The molecule has 0 aromatic heterocycles. The van der Waals surface area contributed by atoms with Crippen LogP contribution in [0.5, 0.6) is 0 Å². The highest BCUT2D eigenvalue weighted by Crippen LogP contribution is 2.07. The van der Waals surface area contributed by atoms with E-state index in [4.69, 9.17) is 16.6 Å². The first kappa shape index (κ1) is 8.70. The van der Waals surface area contributed by atoms with E-state index in [1.807, 2.05) is 0 Å². The van der Waals surface area contributed by atoms with E-state index in [1.54, 1.807) is 0 Å². The Morgan fingerprint density at radius 1 is 1.43 bits per heavy atom. The topological polar surface area (TPSA) is 121 Å². The van der Waals surface area contributed by atoms with Crippen LogP contribution in [0.25, 0.3) is 0 Å². The molecule has 0 saturated heterocycles. The van der Waals surface area contributed by atoms with Crippen molar-refractivity contribution in [3.8, 4) is 0 Å². The van der Waals surface area contributed by atoms with Crippen molar-refractivity contribution in [1.82, 2.24) is 5.32 Å². The summed E-state index contributed by atoms with van der Waals surface area (Å²) in [5.41, 5.74) is 11.6. The monoisotopic (exact) mass is 194 g/mol. The fourth-order valence-corrected chi connectivity index (χ4v) is 1.23. The number of hydrogen-bond donors (Lipinski definition) is 4. The van der Waals surface area contributed by atoms with E-state index in [0.717, 1.165) is 0 Å². The van der Waals surface area contributed by atoms with Crippen molar-refractivity contribution < 1.29 is 5.11 Å². The van der Waals surface area contributed by atoms with E-state index >= 15 is 0 Å². The van der Waals surface area contributed by atoms with Crippen LogP contribution < -0.4 is 16.8 Å². The quantitative estimate of drug-likeness (QED) is 0.381. The van der Waals surface area contributed by atoms with Gasteiger partial charge in [-0.3, -0.25) is 0 Å². The summed E-state index contributed by atoms with van der Waals surface area (Å²) in [6.45, 7) is -0.125. The van der Waals surface area contributed by atoms with Crippen molar-refractivity contribution in [2.75, 3.05) is 6.61 Å². The van der Waals surface area contributed by atoms with Crippen LogP contribution in [0.4, 0.5) is 0 Å². The highest BCUT2D eigenvalue weighted by Gasteiger charge is 2.26. The third-order valence-electron chi connectivity index (χ3n) is 1.88. The summed E-state index contributed by atoms with van der Waals surface area (Å²) in [5, 5.41) is 11.8. The van der Waals surface area contributed by atoms with Crippen LogP contribution in [0.1, 0.15) is 0 Å². The van der Waals surface area contributed by atoms with Gasteiger partial charge in [-0.25, -0.2) is 4.99 Å².